The molecule has 2 aromatic rings. The molecular formula is C10H10F3N3. The number of rotatable bonds is 2. The molecule has 0 fully saturated rings. The molecule has 6 heteroatoms. The second kappa shape index (κ2) is 3.70. The number of pyridine rings is 1. The van der Waals surface area contributed by atoms with Gasteiger partial charge in [0.05, 0.1) is 5.69 Å². The van der Waals surface area contributed by atoms with E-state index >= 15 is 0 Å². The summed E-state index contributed by atoms with van der Waals surface area (Å²) in [5.74, 6) is 0. The van der Waals surface area contributed by atoms with Crippen molar-refractivity contribution in [1.29, 1.82) is 0 Å². The predicted molar refractivity (Wildman–Crippen MR) is 54.0 cm³/mol. The van der Waals surface area contributed by atoms with Gasteiger partial charge in [-0.25, -0.2) is 4.98 Å². The number of imidazole rings is 1. The van der Waals surface area contributed by atoms with Crippen molar-refractivity contribution in [3.63, 3.8) is 0 Å². The van der Waals surface area contributed by atoms with E-state index in [-0.39, 0.29) is 6.42 Å². The zero-order valence-electron chi connectivity index (χ0n) is 8.33. The monoisotopic (exact) mass is 229 g/mol. The summed E-state index contributed by atoms with van der Waals surface area (Å²) in [5, 5.41) is 0. The molecule has 16 heavy (non-hydrogen) atoms. The molecule has 2 N–H and O–H groups in total. The smallest absolute Gasteiger partial charge is 0.389 e. The summed E-state index contributed by atoms with van der Waals surface area (Å²) in [7, 11) is 0. The molecule has 0 amide bonds. The standard InChI is InChI=1S/C10H10F3N3/c11-10(12,13)2-1-7-5-8(14)9-15-3-4-16(9)6-7/h3-6H,1-2,14H2. The Balaban J connectivity index is 2.25. The fourth-order valence-corrected chi connectivity index (χ4v) is 1.54. The molecule has 0 saturated heterocycles. The Morgan fingerprint density at radius 1 is 1.38 bits per heavy atom. The van der Waals surface area contributed by atoms with Crippen LogP contribution >= 0.6 is 0 Å². The second-order valence-corrected chi connectivity index (χ2v) is 3.58. The van der Waals surface area contributed by atoms with Crippen molar-refractivity contribution in [3.8, 4) is 0 Å². The molecule has 0 radical (unpaired) electrons. The third-order valence-electron chi connectivity index (χ3n) is 2.27. The number of fused-ring (bicyclic) bond motifs is 1. The molecule has 0 bridgehead atoms. The summed E-state index contributed by atoms with van der Waals surface area (Å²) in [6.45, 7) is 0. The molecule has 0 aliphatic heterocycles. The van der Waals surface area contributed by atoms with Crippen molar-refractivity contribution in [2.45, 2.75) is 19.0 Å². The largest absolute Gasteiger partial charge is 0.396 e. The van der Waals surface area contributed by atoms with Crippen molar-refractivity contribution >= 4 is 11.3 Å². The summed E-state index contributed by atoms with van der Waals surface area (Å²) < 4.78 is 37.8. The lowest BCUT2D eigenvalue weighted by Gasteiger charge is -2.07. The fourth-order valence-electron chi connectivity index (χ4n) is 1.54. The Labute approximate surface area is 89.7 Å². The minimum atomic E-state index is -4.14. The molecule has 2 heterocycles. The maximum atomic E-state index is 12.0. The number of hydrogen-bond acceptors (Lipinski definition) is 2. The van der Waals surface area contributed by atoms with E-state index in [1.165, 1.54) is 6.07 Å². The normalized spacial score (nSPS) is 12.2. The van der Waals surface area contributed by atoms with Crippen LogP contribution in [-0.4, -0.2) is 15.6 Å². The number of halogens is 3. The average molecular weight is 229 g/mol. The van der Waals surface area contributed by atoms with Gasteiger partial charge in [0.15, 0.2) is 5.65 Å². The maximum absolute atomic E-state index is 12.0. The minimum Gasteiger partial charge on any atom is -0.396 e. The molecular weight excluding hydrogens is 219 g/mol. The van der Waals surface area contributed by atoms with Crippen molar-refractivity contribution < 1.29 is 13.2 Å². The van der Waals surface area contributed by atoms with Gasteiger partial charge in [-0.05, 0) is 18.1 Å². The number of aromatic nitrogens is 2. The van der Waals surface area contributed by atoms with Gasteiger partial charge in [-0.3, -0.25) is 0 Å². The van der Waals surface area contributed by atoms with Gasteiger partial charge in [0.1, 0.15) is 0 Å². The van der Waals surface area contributed by atoms with Crippen LogP contribution in [0.1, 0.15) is 12.0 Å². The summed E-state index contributed by atoms with van der Waals surface area (Å²) in [5.41, 5.74) is 7.19. The lowest BCUT2D eigenvalue weighted by molar-refractivity contribution is -0.134. The van der Waals surface area contributed by atoms with Gasteiger partial charge in [0.25, 0.3) is 0 Å². The topological polar surface area (TPSA) is 43.3 Å². The molecule has 0 saturated carbocycles. The number of alkyl halides is 3. The minimum absolute atomic E-state index is 0.0676. The molecule has 2 aromatic heterocycles. The number of nitrogens with two attached hydrogens (primary N) is 1. The van der Waals surface area contributed by atoms with Crippen LogP contribution in [0.15, 0.2) is 24.7 Å². The zero-order chi connectivity index (χ0) is 11.8. The summed E-state index contributed by atoms with van der Waals surface area (Å²) in [4.78, 5) is 3.98. The molecule has 0 aromatic carbocycles. The molecule has 86 valence electrons. The van der Waals surface area contributed by atoms with Gasteiger partial charge in [0.2, 0.25) is 0 Å². The fraction of sp³-hybridized carbons (Fsp3) is 0.300. The first-order valence-electron chi connectivity index (χ1n) is 4.73. The van der Waals surface area contributed by atoms with E-state index in [4.69, 9.17) is 5.73 Å². The van der Waals surface area contributed by atoms with E-state index in [0.717, 1.165) is 0 Å². The predicted octanol–water partition coefficient (Wildman–Crippen LogP) is 2.41. The SMILES string of the molecule is Nc1cc(CCC(F)(F)F)cn2ccnc12. The first kappa shape index (κ1) is 10.8. The summed E-state index contributed by atoms with van der Waals surface area (Å²) in [6.07, 6.45) is -0.223. The third-order valence-corrected chi connectivity index (χ3v) is 2.27. The van der Waals surface area contributed by atoms with Gasteiger partial charge >= 0.3 is 6.18 Å². The number of anilines is 1. The highest BCUT2D eigenvalue weighted by Crippen LogP contribution is 2.23. The van der Waals surface area contributed by atoms with Gasteiger partial charge in [-0.1, -0.05) is 0 Å². The first-order valence-corrected chi connectivity index (χ1v) is 4.73. The van der Waals surface area contributed by atoms with Gasteiger partial charge in [-0.15, -0.1) is 0 Å². The van der Waals surface area contributed by atoms with Crippen molar-refractivity contribution in [1.82, 2.24) is 9.38 Å². The zero-order valence-corrected chi connectivity index (χ0v) is 8.33. The summed E-state index contributed by atoms with van der Waals surface area (Å²) >= 11 is 0. The van der Waals surface area contributed by atoms with Crippen molar-refractivity contribution in [2.24, 2.45) is 0 Å². The number of nitrogen functional groups attached to an aromatic ring is 1. The second-order valence-electron chi connectivity index (χ2n) is 3.58. The Morgan fingerprint density at radius 3 is 2.81 bits per heavy atom. The van der Waals surface area contributed by atoms with Crippen LogP contribution in [0, 0.1) is 0 Å². The van der Waals surface area contributed by atoms with Gasteiger partial charge in [0, 0.05) is 25.0 Å². The maximum Gasteiger partial charge on any atom is 0.389 e. The van der Waals surface area contributed by atoms with Crippen molar-refractivity contribution in [3.05, 3.63) is 30.2 Å². The van der Waals surface area contributed by atoms with E-state index < -0.39 is 12.6 Å². The Morgan fingerprint density at radius 2 is 2.12 bits per heavy atom. The van der Waals surface area contributed by atoms with Crippen LogP contribution in [0.25, 0.3) is 5.65 Å². The highest BCUT2D eigenvalue weighted by atomic mass is 19.4. The number of hydrogen-bond donors (Lipinski definition) is 1. The van der Waals surface area contributed by atoms with E-state index in [9.17, 15) is 13.2 Å². The molecule has 3 nitrogen and oxygen atoms in total. The molecule has 0 unspecified atom stereocenters. The molecule has 0 atom stereocenters. The molecule has 0 aliphatic carbocycles. The van der Waals surface area contributed by atoms with E-state index in [2.05, 4.69) is 4.98 Å². The van der Waals surface area contributed by atoms with Crippen molar-refractivity contribution in [2.75, 3.05) is 5.73 Å². The quantitative estimate of drug-likeness (QED) is 0.859. The highest BCUT2D eigenvalue weighted by Gasteiger charge is 2.26. The number of nitrogens with zero attached hydrogens (tertiary/aromatic N) is 2. The van der Waals surface area contributed by atoms with Gasteiger partial charge < -0.3 is 10.1 Å². The average Bonchev–Trinajstić information content (AvgIpc) is 2.62. The van der Waals surface area contributed by atoms with E-state index in [0.29, 0.717) is 16.9 Å². The molecule has 2 rings (SSSR count). The van der Waals surface area contributed by atoms with Crippen LogP contribution in [0.3, 0.4) is 0 Å². The van der Waals surface area contributed by atoms with Crippen LogP contribution in [0.2, 0.25) is 0 Å². The number of aryl methyl sites for hydroxylation is 1. The molecule has 0 aliphatic rings. The molecule has 0 spiro atoms. The lowest BCUT2D eigenvalue weighted by Crippen LogP contribution is -2.09. The Hall–Kier alpha value is -1.72. The Kier molecular flexibility index (Phi) is 2.49. The van der Waals surface area contributed by atoms with E-state index in [1.807, 2.05) is 0 Å². The van der Waals surface area contributed by atoms with Gasteiger partial charge in [-0.2, -0.15) is 13.2 Å². The van der Waals surface area contributed by atoms with Crippen LogP contribution in [0.4, 0.5) is 18.9 Å². The summed E-state index contributed by atoms with van der Waals surface area (Å²) in [6, 6.07) is 1.54. The first-order chi connectivity index (χ1) is 7.46. The lowest BCUT2D eigenvalue weighted by atomic mass is 10.1. The third kappa shape index (κ3) is 2.26. The van der Waals surface area contributed by atoms with E-state index in [1.54, 1.807) is 23.0 Å². The Bertz CT molecular complexity index is 501. The highest BCUT2D eigenvalue weighted by molar-refractivity contribution is 5.65. The van der Waals surface area contributed by atoms with Crippen LogP contribution < -0.4 is 5.73 Å². The van der Waals surface area contributed by atoms with Crippen LogP contribution in [-0.2, 0) is 6.42 Å². The van der Waals surface area contributed by atoms with Crippen LogP contribution in [0.5, 0.6) is 0 Å².